The lowest BCUT2D eigenvalue weighted by Gasteiger charge is -2.24. The third-order valence-electron chi connectivity index (χ3n) is 5.75. The molecule has 5 heteroatoms. The fourth-order valence-electron chi connectivity index (χ4n) is 4.15. The van der Waals surface area contributed by atoms with E-state index in [9.17, 15) is 0 Å². The molecule has 5 nitrogen and oxygen atoms in total. The fraction of sp³-hybridized carbons (Fsp3) is 0.458. The Hall–Kier alpha value is -2.37. The van der Waals surface area contributed by atoms with Gasteiger partial charge in [-0.2, -0.15) is 5.10 Å². The summed E-state index contributed by atoms with van der Waals surface area (Å²) in [7, 11) is 0. The van der Waals surface area contributed by atoms with Crippen LogP contribution in [0.2, 0.25) is 0 Å². The maximum absolute atomic E-state index is 5.92. The van der Waals surface area contributed by atoms with Crippen molar-refractivity contribution >= 4 is 0 Å². The third kappa shape index (κ3) is 4.98. The van der Waals surface area contributed by atoms with Crippen LogP contribution in [0.25, 0.3) is 0 Å². The first-order chi connectivity index (χ1) is 14.1. The fourth-order valence-corrected chi connectivity index (χ4v) is 4.15. The standard InChI is InChI=1S/C24H31N3O2/c1-18-11-12-23(29-18)16-26(15-22-10-7-13-28-22)17-24-19(2)25-27(20(24)3)14-21-8-5-4-6-9-21/h4-6,8-9,11-12,22H,7,10,13-17H2,1-3H3. The average Bonchev–Trinajstić information content (AvgIpc) is 3.42. The maximum Gasteiger partial charge on any atom is 0.118 e. The monoisotopic (exact) mass is 393 g/mol. The van der Waals surface area contributed by atoms with E-state index in [-0.39, 0.29) is 0 Å². The first kappa shape index (κ1) is 19.9. The second-order valence-corrected chi connectivity index (χ2v) is 8.11. The van der Waals surface area contributed by atoms with Crippen LogP contribution in [-0.4, -0.2) is 33.9 Å². The normalized spacial score (nSPS) is 16.8. The van der Waals surface area contributed by atoms with Gasteiger partial charge in [-0.25, -0.2) is 0 Å². The molecule has 3 heterocycles. The molecule has 1 saturated heterocycles. The van der Waals surface area contributed by atoms with E-state index < -0.39 is 0 Å². The summed E-state index contributed by atoms with van der Waals surface area (Å²) in [6, 6.07) is 14.6. The molecule has 1 fully saturated rings. The SMILES string of the molecule is Cc1ccc(CN(Cc2c(C)nn(Cc3ccccc3)c2C)CC2CCCO2)o1. The molecule has 1 unspecified atom stereocenters. The minimum atomic E-state index is 0.311. The lowest BCUT2D eigenvalue weighted by Crippen LogP contribution is -2.31. The van der Waals surface area contributed by atoms with Crippen molar-refractivity contribution in [1.29, 1.82) is 0 Å². The smallest absolute Gasteiger partial charge is 0.118 e. The Labute approximate surface area is 173 Å². The molecule has 154 valence electrons. The second kappa shape index (κ2) is 8.97. The van der Waals surface area contributed by atoms with Crippen LogP contribution in [0.3, 0.4) is 0 Å². The zero-order valence-corrected chi connectivity index (χ0v) is 17.7. The van der Waals surface area contributed by atoms with Gasteiger partial charge in [-0.05, 0) is 51.3 Å². The number of aryl methyl sites for hydroxylation is 2. The number of rotatable bonds is 8. The molecule has 29 heavy (non-hydrogen) atoms. The molecular formula is C24H31N3O2. The van der Waals surface area contributed by atoms with Crippen LogP contribution in [0, 0.1) is 20.8 Å². The van der Waals surface area contributed by atoms with Crippen molar-refractivity contribution in [2.24, 2.45) is 0 Å². The summed E-state index contributed by atoms with van der Waals surface area (Å²) in [4.78, 5) is 2.44. The topological polar surface area (TPSA) is 43.4 Å². The quantitative estimate of drug-likeness (QED) is 0.560. The summed E-state index contributed by atoms with van der Waals surface area (Å²) < 4.78 is 13.9. The summed E-state index contributed by atoms with van der Waals surface area (Å²) in [5.74, 6) is 1.97. The summed E-state index contributed by atoms with van der Waals surface area (Å²) in [5.41, 5.74) is 4.92. The molecule has 3 aromatic rings. The van der Waals surface area contributed by atoms with Gasteiger partial charge in [0.1, 0.15) is 11.5 Å². The van der Waals surface area contributed by atoms with Crippen LogP contribution < -0.4 is 0 Å². The molecule has 0 amide bonds. The molecule has 0 spiro atoms. The molecule has 0 aliphatic carbocycles. The Kier molecular flexibility index (Phi) is 6.16. The lowest BCUT2D eigenvalue weighted by molar-refractivity contribution is 0.0652. The van der Waals surface area contributed by atoms with Gasteiger partial charge in [-0.1, -0.05) is 30.3 Å². The summed E-state index contributed by atoms with van der Waals surface area (Å²) in [5, 5.41) is 4.84. The van der Waals surface area contributed by atoms with Crippen LogP contribution in [0.5, 0.6) is 0 Å². The molecule has 0 N–H and O–H groups in total. The Morgan fingerprint density at radius 1 is 1.07 bits per heavy atom. The second-order valence-electron chi connectivity index (χ2n) is 8.11. The van der Waals surface area contributed by atoms with Crippen LogP contribution >= 0.6 is 0 Å². The van der Waals surface area contributed by atoms with Gasteiger partial charge in [0.2, 0.25) is 0 Å². The van der Waals surface area contributed by atoms with Crippen LogP contribution in [0.4, 0.5) is 0 Å². The number of nitrogens with zero attached hydrogens (tertiary/aromatic N) is 3. The summed E-state index contributed by atoms with van der Waals surface area (Å²) in [6.07, 6.45) is 2.61. The molecule has 0 bridgehead atoms. The highest BCUT2D eigenvalue weighted by Crippen LogP contribution is 2.22. The van der Waals surface area contributed by atoms with E-state index >= 15 is 0 Å². The minimum Gasteiger partial charge on any atom is -0.465 e. The van der Waals surface area contributed by atoms with E-state index in [0.717, 1.165) is 62.8 Å². The first-order valence-electron chi connectivity index (χ1n) is 10.5. The van der Waals surface area contributed by atoms with Gasteiger partial charge < -0.3 is 9.15 Å². The van der Waals surface area contributed by atoms with Crippen molar-refractivity contribution in [2.45, 2.75) is 59.4 Å². The van der Waals surface area contributed by atoms with Crippen LogP contribution in [-0.2, 0) is 24.4 Å². The summed E-state index contributed by atoms with van der Waals surface area (Å²) >= 11 is 0. The minimum absolute atomic E-state index is 0.311. The molecule has 1 aromatic carbocycles. The van der Waals surface area contributed by atoms with Gasteiger partial charge in [-0.3, -0.25) is 9.58 Å². The molecule has 0 saturated carbocycles. The van der Waals surface area contributed by atoms with Crippen molar-refractivity contribution in [3.8, 4) is 0 Å². The Bertz CT molecular complexity index is 923. The molecule has 1 aliphatic heterocycles. The van der Waals surface area contributed by atoms with E-state index in [1.54, 1.807) is 0 Å². The number of hydrogen-bond donors (Lipinski definition) is 0. The molecule has 1 atom stereocenters. The molecular weight excluding hydrogens is 362 g/mol. The number of furan rings is 1. The van der Waals surface area contributed by atoms with Gasteiger partial charge in [0, 0.05) is 31.0 Å². The Balaban J connectivity index is 1.52. The number of ether oxygens (including phenoxy) is 1. The third-order valence-corrected chi connectivity index (χ3v) is 5.75. The maximum atomic E-state index is 5.92. The largest absolute Gasteiger partial charge is 0.465 e. The Morgan fingerprint density at radius 2 is 1.90 bits per heavy atom. The molecule has 4 rings (SSSR count). The highest BCUT2D eigenvalue weighted by atomic mass is 16.5. The number of aromatic nitrogens is 2. The molecule has 1 aliphatic rings. The van der Waals surface area contributed by atoms with E-state index in [2.05, 4.69) is 59.8 Å². The van der Waals surface area contributed by atoms with Crippen LogP contribution in [0.15, 0.2) is 46.9 Å². The van der Waals surface area contributed by atoms with Gasteiger partial charge >= 0.3 is 0 Å². The van der Waals surface area contributed by atoms with E-state index in [0.29, 0.717) is 6.10 Å². The van der Waals surface area contributed by atoms with E-state index in [1.165, 1.54) is 16.8 Å². The van der Waals surface area contributed by atoms with Gasteiger partial charge in [-0.15, -0.1) is 0 Å². The lowest BCUT2D eigenvalue weighted by atomic mass is 10.1. The average molecular weight is 394 g/mol. The van der Waals surface area contributed by atoms with E-state index in [4.69, 9.17) is 14.3 Å². The van der Waals surface area contributed by atoms with Crippen LogP contribution in [0.1, 0.15) is 46.9 Å². The Morgan fingerprint density at radius 3 is 2.59 bits per heavy atom. The predicted octanol–water partition coefficient (Wildman–Crippen LogP) is 4.63. The zero-order chi connectivity index (χ0) is 20.2. The van der Waals surface area contributed by atoms with Crippen molar-refractivity contribution in [1.82, 2.24) is 14.7 Å². The van der Waals surface area contributed by atoms with Gasteiger partial charge in [0.25, 0.3) is 0 Å². The van der Waals surface area contributed by atoms with Gasteiger partial charge in [0.15, 0.2) is 0 Å². The summed E-state index contributed by atoms with van der Waals surface area (Å²) in [6.45, 7) is 10.5. The molecule has 2 aromatic heterocycles. The highest BCUT2D eigenvalue weighted by Gasteiger charge is 2.22. The first-order valence-corrected chi connectivity index (χ1v) is 10.5. The molecule has 0 radical (unpaired) electrons. The zero-order valence-electron chi connectivity index (χ0n) is 17.7. The highest BCUT2D eigenvalue weighted by molar-refractivity contribution is 5.26. The number of benzene rings is 1. The van der Waals surface area contributed by atoms with Crippen molar-refractivity contribution in [3.63, 3.8) is 0 Å². The van der Waals surface area contributed by atoms with Crippen molar-refractivity contribution in [3.05, 3.63) is 76.5 Å². The predicted molar refractivity (Wildman–Crippen MR) is 114 cm³/mol. The van der Waals surface area contributed by atoms with E-state index in [1.807, 2.05) is 13.0 Å². The van der Waals surface area contributed by atoms with Crippen molar-refractivity contribution < 1.29 is 9.15 Å². The van der Waals surface area contributed by atoms with Gasteiger partial charge in [0.05, 0.1) is 24.9 Å². The van der Waals surface area contributed by atoms with Crippen molar-refractivity contribution in [2.75, 3.05) is 13.2 Å². The number of hydrogen-bond acceptors (Lipinski definition) is 4.